The van der Waals surface area contributed by atoms with Crippen molar-refractivity contribution < 1.29 is 22.7 Å². The molecule has 0 saturated carbocycles. The maximum Gasteiger partial charge on any atom is 0.308 e. The molecule has 0 aromatic heterocycles. The molecule has 0 radical (unpaired) electrons. The fourth-order valence-corrected chi connectivity index (χ4v) is 2.47. The molecule has 1 saturated heterocycles. The summed E-state index contributed by atoms with van der Waals surface area (Å²) < 4.78 is 26.5. The van der Waals surface area contributed by atoms with Crippen LogP contribution in [0.2, 0.25) is 0 Å². The topological polar surface area (TPSA) is 80.8 Å². The normalized spacial score (nSPS) is 18.2. The lowest BCUT2D eigenvalue weighted by Crippen LogP contribution is -2.52. The Morgan fingerprint density at radius 3 is 2.05 bits per heavy atom. The zero-order valence-corrected chi connectivity index (χ0v) is 12.6. The van der Waals surface area contributed by atoms with Crippen LogP contribution in [-0.4, -0.2) is 56.4 Å². The number of methoxy groups -OCH3 is 1. The molecular weight excluding hydrogens is 270 g/mol. The Labute approximate surface area is 114 Å². The van der Waals surface area contributed by atoms with Crippen molar-refractivity contribution in [1.82, 2.24) is 4.90 Å². The maximum absolute atomic E-state index is 12.2. The Hall–Kier alpha value is -1.11. The second-order valence-electron chi connectivity index (χ2n) is 5.37. The van der Waals surface area contributed by atoms with Gasteiger partial charge in [-0.2, -0.15) is 0 Å². The van der Waals surface area contributed by atoms with E-state index < -0.39 is 20.5 Å². The molecular formula is C12H21NO5S. The molecule has 6 nitrogen and oxygen atoms in total. The van der Waals surface area contributed by atoms with Crippen LogP contribution >= 0.6 is 0 Å². The van der Waals surface area contributed by atoms with Gasteiger partial charge in [-0.1, -0.05) is 0 Å². The standard InChI is InChI=1S/C12H21NO5S/c1-12(2,19(4,16)17)11(15)13-7-5-9(6-8-13)10(14)18-3/h9H,5-8H2,1-4H3. The zero-order valence-electron chi connectivity index (χ0n) is 11.8. The molecule has 0 atom stereocenters. The summed E-state index contributed by atoms with van der Waals surface area (Å²) in [4.78, 5) is 25.1. The number of piperidine rings is 1. The van der Waals surface area contributed by atoms with Crippen molar-refractivity contribution in [2.24, 2.45) is 5.92 Å². The SMILES string of the molecule is COC(=O)C1CCN(C(=O)C(C)(C)S(C)(=O)=O)CC1. The molecule has 110 valence electrons. The van der Waals surface area contributed by atoms with E-state index in [9.17, 15) is 18.0 Å². The van der Waals surface area contributed by atoms with E-state index in [1.54, 1.807) is 0 Å². The molecule has 0 aromatic carbocycles. The molecule has 1 fully saturated rings. The summed E-state index contributed by atoms with van der Waals surface area (Å²) in [6.45, 7) is 3.60. The number of likely N-dealkylation sites (tertiary alicyclic amines) is 1. The highest BCUT2D eigenvalue weighted by Crippen LogP contribution is 2.24. The second kappa shape index (κ2) is 5.48. The van der Waals surface area contributed by atoms with E-state index in [-0.39, 0.29) is 11.9 Å². The highest BCUT2D eigenvalue weighted by Gasteiger charge is 2.42. The number of ether oxygens (including phenoxy) is 1. The molecule has 0 spiro atoms. The lowest BCUT2D eigenvalue weighted by molar-refractivity contribution is -0.149. The molecule has 1 aliphatic heterocycles. The summed E-state index contributed by atoms with van der Waals surface area (Å²) in [5.41, 5.74) is 0. The van der Waals surface area contributed by atoms with Crippen LogP contribution in [0.4, 0.5) is 0 Å². The van der Waals surface area contributed by atoms with Crippen LogP contribution in [0.3, 0.4) is 0 Å². The molecule has 7 heteroatoms. The molecule has 0 bridgehead atoms. The first kappa shape index (κ1) is 15.9. The molecule has 0 aliphatic carbocycles. The molecule has 0 N–H and O–H groups in total. The van der Waals surface area contributed by atoms with E-state index in [0.717, 1.165) is 6.26 Å². The first-order valence-electron chi connectivity index (χ1n) is 6.18. The average Bonchev–Trinajstić information content (AvgIpc) is 2.35. The fraction of sp³-hybridized carbons (Fsp3) is 0.833. The molecule has 1 amide bonds. The van der Waals surface area contributed by atoms with Crippen LogP contribution in [0.1, 0.15) is 26.7 Å². The number of rotatable bonds is 3. The Morgan fingerprint density at radius 2 is 1.68 bits per heavy atom. The van der Waals surface area contributed by atoms with Crippen molar-refractivity contribution in [1.29, 1.82) is 0 Å². The van der Waals surface area contributed by atoms with E-state index in [4.69, 9.17) is 0 Å². The van der Waals surface area contributed by atoms with E-state index >= 15 is 0 Å². The Bertz CT molecular complexity index is 461. The molecule has 1 heterocycles. The summed E-state index contributed by atoms with van der Waals surface area (Å²) in [7, 11) is -2.13. The third-order valence-electron chi connectivity index (χ3n) is 3.76. The number of sulfone groups is 1. The minimum atomic E-state index is -3.47. The molecule has 1 rings (SSSR count). The van der Waals surface area contributed by atoms with Crippen LogP contribution < -0.4 is 0 Å². The smallest absolute Gasteiger partial charge is 0.308 e. The predicted octanol–water partition coefficient (Wildman–Crippen LogP) is 0.221. The third-order valence-corrected chi connectivity index (χ3v) is 5.79. The molecule has 19 heavy (non-hydrogen) atoms. The minimum absolute atomic E-state index is 0.199. The van der Waals surface area contributed by atoms with Gasteiger partial charge in [-0.3, -0.25) is 9.59 Å². The fourth-order valence-electron chi connectivity index (χ4n) is 2.02. The van der Waals surface area contributed by atoms with Gasteiger partial charge >= 0.3 is 5.97 Å². The Balaban J connectivity index is 2.71. The van der Waals surface area contributed by atoms with Crippen molar-refractivity contribution >= 4 is 21.7 Å². The molecule has 1 aliphatic rings. The number of hydrogen-bond donors (Lipinski definition) is 0. The van der Waals surface area contributed by atoms with E-state index in [0.29, 0.717) is 25.9 Å². The van der Waals surface area contributed by atoms with Crippen molar-refractivity contribution in [2.45, 2.75) is 31.4 Å². The summed E-state index contributed by atoms with van der Waals surface area (Å²) in [6, 6.07) is 0. The zero-order chi connectivity index (χ0) is 14.8. The van der Waals surface area contributed by atoms with Crippen molar-refractivity contribution in [2.75, 3.05) is 26.5 Å². The van der Waals surface area contributed by atoms with Gasteiger partial charge in [-0.25, -0.2) is 8.42 Å². The maximum atomic E-state index is 12.2. The number of nitrogens with zero attached hydrogens (tertiary/aromatic N) is 1. The van der Waals surface area contributed by atoms with Crippen molar-refractivity contribution in [3.63, 3.8) is 0 Å². The second-order valence-corrected chi connectivity index (χ2v) is 7.94. The van der Waals surface area contributed by atoms with Crippen molar-refractivity contribution in [3.05, 3.63) is 0 Å². The Kier molecular flexibility index (Phi) is 4.60. The van der Waals surface area contributed by atoms with Gasteiger partial charge in [0, 0.05) is 19.3 Å². The van der Waals surface area contributed by atoms with Gasteiger partial charge in [-0.05, 0) is 26.7 Å². The van der Waals surface area contributed by atoms with Gasteiger partial charge in [0.25, 0.3) is 0 Å². The summed E-state index contributed by atoms with van der Waals surface area (Å²) in [6.07, 6.45) is 2.09. The van der Waals surface area contributed by atoms with E-state index in [2.05, 4.69) is 4.74 Å². The number of carbonyl (C=O) groups is 2. The number of hydrogen-bond acceptors (Lipinski definition) is 5. The van der Waals surface area contributed by atoms with Crippen LogP contribution in [0.15, 0.2) is 0 Å². The lowest BCUT2D eigenvalue weighted by Gasteiger charge is -2.35. The van der Waals surface area contributed by atoms with Gasteiger partial charge < -0.3 is 9.64 Å². The van der Waals surface area contributed by atoms with E-state index in [1.165, 1.54) is 25.9 Å². The summed E-state index contributed by atoms with van der Waals surface area (Å²) >= 11 is 0. The monoisotopic (exact) mass is 291 g/mol. The highest BCUT2D eigenvalue weighted by molar-refractivity contribution is 7.92. The molecule has 0 aromatic rings. The third kappa shape index (κ3) is 3.26. The van der Waals surface area contributed by atoms with Gasteiger partial charge in [0.1, 0.15) is 4.75 Å². The predicted molar refractivity (Wildman–Crippen MR) is 70.2 cm³/mol. The van der Waals surface area contributed by atoms with Gasteiger partial charge in [0.05, 0.1) is 13.0 Å². The lowest BCUT2D eigenvalue weighted by atomic mass is 9.96. The highest BCUT2D eigenvalue weighted by atomic mass is 32.2. The van der Waals surface area contributed by atoms with Crippen LogP contribution in [0, 0.1) is 5.92 Å². The van der Waals surface area contributed by atoms with Crippen molar-refractivity contribution in [3.8, 4) is 0 Å². The largest absolute Gasteiger partial charge is 0.469 e. The van der Waals surface area contributed by atoms with E-state index in [1.807, 2.05) is 0 Å². The first-order chi connectivity index (χ1) is 8.61. The van der Waals surface area contributed by atoms with Gasteiger partial charge in [-0.15, -0.1) is 0 Å². The average molecular weight is 291 g/mol. The van der Waals surface area contributed by atoms with Crippen LogP contribution in [-0.2, 0) is 24.2 Å². The number of carbonyl (C=O) groups excluding carboxylic acids is 2. The Morgan fingerprint density at radius 1 is 1.21 bits per heavy atom. The quantitative estimate of drug-likeness (QED) is 0.695. The van der Waals surface area contributed by atoms with Crippen LogP contribution in [0.25, 0.3) is 0 Å². The summed E-state index contributed by atoms with van der Waals surface area (Å²) in [5, 5.41) is 0. The first-order valence-corrected chi connectivity index (χ1v) is 8.07. The number of amides is 1. The van der Waals surface area contributed by atoms with Gasteiger partial charge in [0.15, 0.2) is 9.84 Å². The summed E-state index contributed by atoms with van der Waals surface area (Å²) in [5.74, 6) is -0.872. The van der Waals surface area contributed by atoms with Gasteiger partial charge in [0.2, 0.25) is 5.91 Å². The molecule has 0 unspecified atom stereocenters. The number of esters is 1. The van der Waals surface area contributed by atoms with Crippen LogP contribution in [0.5, 0.6) is 0 Å². The minimum Gasteiger partial charge on any atom is -0.469 e.